The number of likely N-dealkylation sites (N-methyl/N-ethyl adjacent to an activating group) is 2. The Hall–Kier alpha value is -1.34. The van der Waals surface area contributed by atoms with Crippen LogP contribution in [0.4, 0.5) is 4.79 Å². The summed E-state index contributed by atoms with van der Waals surface area (Å²) in [5, 5.41) is 8.99. The second-order valence-electron chi connectivity index (χ2n) is 6.41. The van der Waals surface area contributed by atoms with E-state index >= 15 is 0 Å². The highest BCUT2D eigenvalue weighted by Crippen LogP contribution is 2.18. The van der Waals surface area contributed by atoms with Crippen LogP contribution in [0.15, 0.2) is 0 Å². The molecule has 1 heterocycles. The number of primary amides is 1. The molecule has 128 valence electrons. The lowest BCUT2D eigenvalue weighted by atomic mass is 10.0. The van der Waals surface area contributed by atoms with Crippen LogP contribution in [0, 0.1) is 5.92 Å². The van der Waals surface area contributed by atoms with E-state index in [9.17, 15) is 9.59 Å². The molecule has 7 heteroatoms. The average molecular weight is 314 g/mol. The van der Waals surface area contributed by atoms with Crippen LogP contribution in [0.25, 0.3) is 0 Å². The van der Waals surface area contributed by atoms with E-state index in [-0.39, 0.29) is 18.6 Å². The second-order valence-corrected chi connectivity index (χ2v) is 6.41. The van der Waals surface area contributed by atoms with Crippen LogP contribution in [0.2, 0.25) is 0 Å². The molecule has 7 nitrogen and oxygen atoms in total. The number of urea groups is 1. The van der Waals surface area contributed by atoms with Gasteiger partial charge in [-0.2, -0.15) is 0 Å². The molecule has 3 amide bonds. The smallest absolute Gasteiger partial charge is 0.320 e. The molecular weight excluding hydrogens is 284 g/mol. The summed E-state index contributed by atoms with van der Waals surface area (Å²) in [6.07, 6.45) is 1.75. The van der Waals surface area contributed by atoms with Crippen LogP contribution in [-0.2, 0) is 4.79 Å². The third-order valence-electron chi connectivity index (χ3n) is 4.45. The van der Waals surface area contributed by atoms with Gasteiger partial charge in [0, 0.05) is 32.7 Å². The maximum atomic E-state index is 12.5. The lowest BCUT2D eigenvalue weighted by Gasteiger charge is -2.39. The maximum Gasteiger partial charge on any atom is 0.320 e. The first-order chi connectivity index (χ1) is 10.3. The van der Waals surface area contributed by atoms with Gasteiger partial charge in [0.05, 0.1) is 6.61 Å². The van der Waals surface area contributed by atoms with E-state index in [1.54, 1.807) is 11.9 Å². The SMILES string of the molecule is CC(C)[C@@H](C(N)=O)N(C)C(=O)N1CCC(N(C)CCO)CC1. The van der Waals surface area contributed by atoms with Crippen molar-refractivity contribution in [2.24, 2.45) is 11.7 Å². The minimum atomic E-state index is -0.581. The number of amides is 3. The molecule has 0 saturated carbocycles. The first-order valence-electron chi connectivity index (χ1n) is 7.91. The molecule has 3 N–H and O–H groups in total. The Kier molecular flexibility index (Phi) is 7.09. The molecule has 0 aromatic rings. The summed E-state index contributed by atoms with van der Waals surface area (Å²) in [7, 11) is 3.63. The van der Waals surface area contributed by atoms with Gasteiger partial charge in [0.2, 0.25) is 5.91 Å². The van der Waals surface area contributed by atoms with Crippen molar-refractivity contribution in [3.05, 3.63) is 0 Å². The topological polar surface area (TPSA) is 90.1 Å². The summed E-state index contributed by atoms with van der Waals surface area (Å²) in [4.78, 5) is 29.5. The molecule has 0 radical (unpaired) electrons. The van der Waals surface area contributed by atoms with E-state index in [1.807, 2.05) is 20.9 Å². The minimum Gasteiger partial charge on any atom is -0.395 e. The standard InChI is InChI=1S/C15H30N4O3/c1-11(2)13(14(16)21)18(4)15(22)19-7-5-12(6-8-19)17(3)9-10-20/h11-13,20H,5-10H2,1-4H3,(H2,16,21)/t13-/m0/s1. The zero-order chi connectivity index (χ0) is 16.9. The van der Waals surface area contributed by atoms with Crippen molar-refractivity contribution in [1.29, 1.82) is 0 Å². The molecule has 1 atom stereocenters. The van der Waals surface area contributed by atoms with E-state index in [4.69, 9.17) is 10.8 Å². The Morgan fingerprint density at radius 3 is 2.23 bits per heavy atom. The zero-order valence-electron chi connectivity index (χ0n) is 14.2. The third-order valence-corrected chi connectivity index (χ3v) is 4.45. The lowest BCUT2D eigenvalue weighted by molar-refractivity contribution is -0.123. The fourth-order valence-electron chi connectivity index (χ4n) is 3.15. The molecule has 0 unspecified atom stereocenters. The van der Waals surface area contributed by atoms with Crippen molar-refractivity contribution in [2.75, 3.05) is 40.3 Å². The van der Waals surface area contributed by atoms with Crippen LogP contribution in [0.5, 0.6) is 0 Å². The number of rotatable bonds is 6. The van der Waals surface area contributed by atoms with Crippen molar-refractivity contribution >= 4 is 11.9 Å². The molecule has 0 aromatic carbocycles. The Balaban J connectivity index is 2.59. The van der Waals surface area contributed by atoms with Crippen LogP contribution in [-0.4, -0.2) is 84.2 Å². The minimum absolute atomic E-state index is 0.0142. The molecule has 0 bridgehead atoms. The second kappa shape index (κ2) is 8.33. The highest BCUT2D eigenvalue weighted by atomic mass is 16.3. The third kappa shape index (κ3) is 4.58. The highest BCUT2D eigenvalue weighted by molar-refractivity contribution is 5.86. The molecule has 1 aliphatic heterocycles. The largest absolute Gasteiger partial charge is 0.395 e. The summed E-state index contributed by atoms with van der Waals surface area (Å²) in [6, 6.07) is -0.332. The quantitative estimate of drug-likeness (QED) is 0.718. The molecule has 22 heavy (non-hydrogen) atoms. The lowest BCUT2D eigenvalue weighted by Crippen LogP contribution is -2.55. The predicted molar refractivity (Wildman–Crippen MR) is 85.3 cm³/mol. The molecular formula is C15H30N4O3. The van der Waals surface area contributed by atoms with Crippen LogP contribution >= 0.6 is 0 Å². The van der Waals surface area contributed by atoms with Gasteiger partial charge < -0.3 is 25.5 Å². The number of hydrogen-bond donors (Lipinski definition) is 2. The number of nitrogens with zero attached hydrogens (tertiary/aromatic N) is 3. The van der Waals surface area contributed by atoms with Gasteiger partial charge in [-0.15, -0.1) is 0 Å². The Labute approximate surface area is 133 Å². The van der Waals surface area contributed by atoms with E-state index in [2.05, 4.69) is 4.90 Å². The maximum absolute atomic E-state index is 12.5. The summed E-state index contributed by atoms with van der Waals surface area (Å²) >= 11 is 0. The number of hydrogen-bond acceptors (Lipinski definition) is 4. The van der Waals surface area contributed by atoms with Gasteiger partial charge in [-0.25, -0.2) is 4.79 Å². The molecule has 1 aliphatic rings. The number of carbonyl (C=O) groups excluding carboxylic acids is 2. The molecule has 0 aromatic heterocycles. The van der Waals surface area contributed by atoms with E-state index < -0.39 is 11.9 Å². The summed E-state index contributed by atoms with van der Waals surface area (Å²) in [5.41, 5.74) is 5.42. The van der Waals surface area contributed by atoms with Gasteiger partial charge >= 0.3 is 6.03 Å². The molecule has 0 spiro atoms. The van der Waals surface area contributed by atoms with Gasteiger partial charge in [0.1, 0.15) is 6.04 Å². The number of aliphatic hydroxyl groups excluding tert-OH is 1. The monoisotopic (exact) mass is 314 g/mol. The number of aliphatic hydroxyl groups is 1. The number of piperidine rings is 1. The first-order valence-corrected chi connectivity index (χ1v) is 7.91. The molecule has 0 aliphatic carbocycles. The number of carbonyl (C=O) groups is 2. The van der Waals surface area contributed by atoms with Gasteiger partial charge in [0.25, 0.3) is 0 Å². The Morgan fingerprint density at radius 2 is 1.82 bits per heavy atom. The van der Waals surface area contributed by atoms with Crippen molar-refractivity contribution in [1.82, 2.24) is 14.7 Å². The fraction of sp³-hybridized carbons (Fsp3) is 0.867. The summed E-state index contributed by atoms with van der Waals surface area (Å²) in [5.74, 6) is -0.483. The van der Waals surface area contributed by atoms with Crippen LogP contribution < -0.4 is 5.73 Å². The highest BCUT2D eigenvalue weighted by Gasteiger charge is 2.32. The van der Waals surface area contributed by atoms with Crippen molar-refractivity contribution < 1.29 is 14.7 Å². The van der Waals surface area contributed by atoms with Gasteiger partial charge in [-0.05, 0) is 25.8 Å². The summed E-state index contributed by atoms with van der Waals surface area (Å²) in [6.45, 7) is 5.88. The molecule has 1 fully saturated rings. The van der Waals surface area contributed by atoms with E-state index in [0.29, 0.717) is 25.7 Å². The van der Waals surface area contributed by atoms with Crippen LogP contribution in [0.1, 0.15) is 26.7 Å². The Bertz CT molecular complexity index is 381. The molecule has 1 saturated heterocycles. The zero-order valence-corrected chi connectivity index (χ0v) is 14.2. The van der Waals surface area contributed by atoms with Gasteiger partial charge in [0.15, 0.2) is 0 Å². The van der Waals surface area contributed by atoms with E-state index in [0.717, 1.165) is 12.8 Å². The summed E-state index contributed by atoms with van der Waals surface area (Å²) < 4.78 is 0. The number of likely N-dealkylation sites (tertiary alicyclic amines) is 1. The molecule has 1 rings (SSSR count). The van der Waals surface area contributed by atoms with E-state index in [1.165, 1.54) is 4.90 Å². The average Bonchev–Trinajstić information content (AvgIpc) is 2.46. The predicted octanol–water partition coefficient (Wildman–Crippen LogP) is -0.0634. The van der Waals surface area contributed by atoms with Crippen molar-refractivity contribution in [3.63, 3.8) is 0 Å². The van der Waals surface area contributed by atoms with Gasteiger partial charge in [-0.1, -0.05) is 13.8 Å². The number of nitrogens with two attached hydrogens (primary N) is 1. The normalized spacial score (nSPS) is 17.9. The van der Waals surface area contributed by atoms with Crippen molar-refractivity contribution in [2.45, 2.75) is 38.8 Å². The fourth-order valence-corrected chi connectivity index (χ4v) is 3.15. The van der Waals surface area contributed by atoms with Crippen LogP contribution in [0.3, 0.4) is 0 Å². The first kappa shape index (κ1) is 18.7. The Morgan fingerprint density at radius 1 is 1.27 bits per heavy atom. The van der Waals surface area contributed by atoms with Gasteiger partial charge in [-0.3, -0.25) is 4.79 Å². The van der Waals surface area contributed by atoms with Crippen molar-refractivity contribution in [3.8, 4) is 0 Å².